The highest BCUT2D eigenvalue weighted by Crippen LogP contribution is 2.07. The first-order valence-corrected chi connectivity index (χ1v) is 6.52. The Hall–Kier alpha value is -1.33. The summed E-state index contributed by atoms with van der Waals surface area (Å²) < 4.78 is 0. The van der Waals surface area contributed by atoms with Crippen molar-refractivity contribution in [1.82, 2.24) is 5.32 Å². The molecule has 2 nitrogen and oxygen atoms in total. The maximum Gasteiger partial charge on any atom is 0.0991 e. The zero-order valence-corrected chi connectivity index (χ0v) is 10.9. The molecule has 92 valence electrons. The van der Waals surface area contributed by atoms with Gasteiger partial charge in [-0.25, -0.2) is 0 Å². The average molecular weight is 230 g/mol. The Morgan fingerprint density at radius 3 is 2.82 bits per heavy atom. The van der Waals surface area contributed by atoms with Crippen molar-refractivity contribution in [1.29, 1.82) is 5.26 Å². The highest BCUT2D eigenvalue weighted by molar-refractivity contribution is 5.32. The highest BCUT2D eigenvalue weighted by atomic mass is 14.9. The van der Waals surface area contributed by atoms with Crippen molar-refractivity contribution in [2.24, 2.45) is 0 Å². The molecule has 0 bridgehead atoms. The summed E-state index contributed by atoms with van der Waals surface area (Å²) in [7, 11) is 0. The van der Waals surface area contributed by atoms with Crippen molar-refractivity contribution in [3.63, 3.8) is 0 Å². The van der Waals surface area contributed by atoms with E-state index in [2.05, 4.69) is 31.3 Å². The van der Waals surface area contributed by atoms with Crippen LogP contribution in [-0.4, -0.2) is 6.04 Å². The second-order valence-electron chi connectivity index (χ2n) is 4.44. The number of rotatable bonds is 7. The third-order valence-corrected chi connectivity index (χ3v) is 3.05. The fourth-order valence-electron chi connectivity index (χ4n) is 1.91. The summed E-state index contributed by atoms with van der Waals surface area (Å²) in [5.41, 5.74) is 1.94. The van der Waals surface area contributed by atoms with Crippen LogP contribution >= 0.6 is 0 Å². The van der Waals surface area contributed by atoms with Gasteiger partial charge in [-0.05, 0) is 30.5 Å². The summed E-state index contributed by atoms with van der Waals surface area (Å²) >= 11 is 0. The molecule has 0 amide bonds. The Morgan fingerprint density at radius 1 is 1.35 bits per heavy atom. The SMILES string of the molecule is CCCCC(CC)NCc1cccc(C#N)c1. The molecule has 1 aromatic rings. The van der Waals surface area contributed by atoms with E-state index in [1.54, 1.807) is 0 Å². The van der Waals surface area contributed by atoms with Crippen molar-refractivity contribution < 1.29 is 0 Å². The lowest BCUT2D eigenvalue weighted by Crippen LogP contribution is -2.27. The van der Waals surface area contributed by atoms with Crippen LogP contribution in [0.5, 0.6) is 0 Å². The summed E-state index contributed by atoms with van der Waals surface area (Å²) in [4.78, 5) is 0. The third kappa shape index (κ3) is 5.01. The van der Waals surface area contributed by atoms with Gasteiger partial charge in [-0.2, -0.15) is 5.26 Å². The molecule has 1 rings (SSSR count). The first-order valence-electron chi connectivity index (χ1n) is 6.52. The number of benzene rings is 1. The minimum atomic E-state index is 0.598. The van der Waals surface area contributed by atoms with E-state index in [1.807, 2.05) is 18.2 Å². The first kappa shape index (κ1) is 13.7. The molecule has 0 spiro atoms. The van der Waals surface area contributed by atoms with Crippen LogP contribution in [0, 0.1) is 11.3 Å². The molecule has 0 fully saturated rings. The molecule has 0 aliphatic carbocycles. The van der Waals surface area contributed by atoms with Gasteiger partial charge in [-0.1, -0.05) is 38.8 Å². The molecule has 0 heterocycles. The molecule has 0 radical (unpaired) electrons. The van der Waals surface area contributed by atoms with E-state index in [-0.39, 0.29) is 0 Å². The van der Waals surface area contributed by atoms with Gasteiger partial charge in [0.25, 0.3) is 0 Å². The number of hydrogen-bond acceptors (Lipinski definition) is 2. The quantitative estimate of drug-likeness (QED) is 0.776. The van der Waals surface area contributed by atoms with E-state index in [0.717, 1.165) is 18.5 Å². The van der Waals surface area contributed by atoms with Crippen molar-refractivity contribution in [2.75, 3.05) is 0 Å². The Labute approximate surface area is 105 Å². The predicted molar refractivity (Wildman–Crippen MR) is 71.6 cm³/mol. The number of nitrogens with zero attached hydrogens (tertiary/aromatic N) is 1. The summed E-state index contributed by atoms with van der Waals surface area (Å²) in [6.45, 7) is 5.31. The Morgan fingerprint density at radius 2 is 2.18 bits per heavy atom. The van der Waals surface area contributed by atoms with E-state index >= 15 is 0 Å². The van der Waals surface area contributed by atoms with Crippen LogP contribution in [-0.2, 0) is 6.54 Å². The summed E-state index contributed by atoms with van der Waals surface area (Å²) in [6.07, 6.45) is 4.94. The molecular weight excluding hydrogens is 208 g/mol. The molecule has 1 atom stereocenters. The molecule has 0 saturated heterocycles. The molecule has 0 aliphatic rings. The van der Waals surface area contributed by atoms with Gasteiger partial charge in [0.1, 0.15) is 0 Å². The second-order valence-corrected chi connectivity index (χ2v) is 4.44. The van der Waals surface area contributed by atoms with Gasteiger partial charge < -0.3 is 5.32 Å². The topological polar surface area (TPSA) is 35.8 Å². The Kier molecular flexibility index (Phi) is 6.35. The molecule has 1 N–H and O–H groups in total. The fourth-order valence-corrected chi connectivity index (χ4v) is 1.91. The van der Waals surface area contributed by atoms with E-state index < -0.39 is 0 Å². The summed E-state index contributed by atoms with van der Waals surface area (Å²) in [6, 6.07) is 10.6. The predicted octanol–water partition coefficient (Wildman–Crippen LogP) is 3.62. The number of nitrogens with one attached hydrogen (secondary N) is 1. The number of nitriles is 1. The van der Waals surface area contributed by atoms with E-state index in [9.17, 15) is 0 Å². The number of hydrogen-bond donors (Lipinski definition) is 1. The van der Waals surface area contributed by atoms with Crippen molar-refractivity contribution in [3.8, 4) is 6.07 Å². The summed E-state index contributed by atoms with van der Waals surface area (Å²) in [5.74, 6) is 0. The maximum atomic E-state index is 8.83. The van der Waals surface area contributed by atoms with Gasteiger partial charge in [0.2, 0.25) is 0 Å². The first-order chi connectivity index (χ1) is 8.30. The lowest BCUT2D eigenvalue weighted by molar-refractivity contribution is 0.452. The standard InChI is InChI=1S/C15H22N2/c1-3-5-9-15(4-2)17-12-14-8-6-7-13(10-14)11-16/h6-8,10,15,17H,3-5,9,12H2,1-2H3. The van der Waals surface area contributed by atoms with Gasteiger partial charge in [0.15, 0.2) is 0 Å². The minimum absolute atomic E-state index is 0.598. The largest absolute Gasteiger partial charge is 0.310 e. The summed E-state index contributed by atoms with van der Waals surface area (Å²) in [5, 5.41) is 12.4. The lowest BCUT2D eigenvalue weighted by Gasteiger charge is -2.16. The molecule has 0 aromatic heterocycles. The van der Waals surface area contributed by atoms with Crippen LogP contribution in [0.3, 0.4) is 0 Å². The zero-order valence-electron chi connectivity index (χ0n) is 10.9. The van der Waals surface area contributed by atoms with Gasteiger partial charge in [-0.3, -0.25) is 0 Å². The zero-order chi connectivity index (χ0) is 12.5. The smallest absolute Gasteiger partial charge is 0.0991 e. The Balaban J connectivity index is 2.45. The lowest BCUT2D eigenvalue weighted by atomic mass is 10.1. The molecule has 1 aromatic carbocycles. The van der Waals surface area contributed by atoms with Crippen molar-refractivity contribution in [3.05, 3.63) is 35.4 Å². The maximum absolute atomic E-state index is 8.83. The van der Waals surface area contributed by atoms with E-state index in [4.69, 9.17) is 5.26 Å². The van der Waals surface area contributed by atoms with Crippen LogP contribution in [0.25, 0.3) is 0 Å². The molecule has 2 heteroatoms. The van der Waals surface area contributed by atoms with Crippen LogP contribution in [0.15, 0.2) is 24.3 Å². The highest BCUT2D eigenvalue weighted by Gasteiger charge is 2.04. The normalized spacial score (nSPS) is 12.1. The van der Waals surface area contributed by atoms with Gasteiger partial charge in [0, 0.05) is 12.6 Å². The van der Waals surface area contributed by atoms with Crippen LogP contribution < -0.4 is 5.32 Å². The van der Waals surface area contributed by atoms with Crippen molar-refractivity contribution in [2.45, 2.75) is 52.1 Å². The fraction of sp³-hybridized carbons (Fsp3) is 0.533. The van der Waals surface area contributed by atoms with Gasteiger partial charge in [0.05, 0.1) is 11.6 Å². The monoisotopic (exact) mass is 230 g/mol. The Bertz CT molecular complexity index is 365. The van der Waals surface area contributed by atoms with Crippen LogP contribution in [0.2, 0.25) is 0 Å². The van der Waals surface area contributed by atoms with E-state index in [1.165, 1.54) is 24.8 Å². The third-order valence-electron chi connectivity index (χ3n) is 3.05. The molecule has 1 unspecified atom stereocenters. The van der Waals surface area contributed by atoms with Crippen LogP contribution in [0.4, 0.5) is 0 Å². The van der Waals surface area contributed by atoms with E-state index in [0.29, 0.717) is 6.04 Å². The second kappa shape index (κ2) is 7.86. The van der Waals surface area contributed by atoms with Crippen LogP contribution in [0.1, 0.15) is 50.7 Å². The van der Waals surface area contributed by atoms with Gasteiger partial charge in [-0.15, -0.1) is 0 Å². The molecular formula is C15H22N2. The van der Waals surface area contributed by atoms with Crippen molar-refractivity contribution >= 4 is 0 Å². The van der Waals surface area contributed by atoms with Gasteiger partial charge >= 0.3 is 0 Å². The molecule has 0 saturated carbocycles. The molecule has 17 heavy (non-hydrogen) atoms. The molecule has 0 aliphatic heterocycles. The average Bonchev–Trinajstić information content (AvgIpc) is 2.39. The number of unbranched alkanes of at least 4 members (excludes halogenated alkanes) is 1. The minimum Gasteiger partial charge on any atom is -0.310 e.